The molecule has 0 aromatic carbocycles. The molecule has 2 rings (SSSR count). The van der Waals surface area contributed by atoms with Gasteiger partial charge in [0.2, 0.25) is 5.91 Å². The zero-order valence-corrected chi connectivity index (χ0v) is 12.9. The number of anilines is 1. The molecule has 1 aromatic heterocycles. The SMILES string of the molecule is CCCc1nc(Br)cc(NC2CCC(=O)N(C)C2)n1. The van der Waals surface area contributed by atoms with E-state index in [9.17, 15) is 4.79 Å². The molecule has 6 heteroatoms. The molecule has 1 saturated heterocycles. The van der Waals surface area contributed by atoms with Gasteiger partial charge in [0, 0.05) is 38.5 Å². The number of rotatable bonds is 4. The molecular formula is C13H19BrN4O. The number of halogens is 1. The van der Waals surface area contributed by atoms with E-state index in [1.54, 1.807) is 4.90 Å². The summed E-state index contributed by atoms with van der Waals surface area (Å²) in [5.74, 6) is 1.89. The highest BCUT2D eigenvalue weighted by Gasteiger charge is 2.23. The zero-order valence-electron chi connectivity index (χ0n) is 11.3. The minimum absolute atomic E-state index is 0.216. The van der Waals surface area contributed by atoms with Crippen LogP contribution < -0.4 is 5.32 Å². The normalized spacial score (nSPS) is 19.6. The van der Waals surface area contributed by atoms with Crippen molar-refractivity contribution in [2.45, 2.75) is 38.6 Å². The first-order valence-electron chi connectivity index (χ1n) is 6.62. The molecule has 1 aliphatic rings. The fourth-order valence-corrected chi connectivity index (χ4v) is 2.63. The molecule has 1 amide bonds. The average Bonchev–Trinajstić information content (AvgIpc) is 2.33. The fourth-order valence-electron chi connectivity index (χ4n) is 2.21. The predicted molar refractivity (Wildman–Crippen MR) is 78.0 cm³/mol. The van der Waals surface area contributed by atoms with Crippen molar-refractivity contribution in [1.29, 1.82) is 0 Å². The third kappa shape index (κ3) is 3.89. The molecule has 1 unspecified atom stereocenters. The standard InChI is InChI=1S/C13H19BrN4O/c1-3-4-11-16-10(14)7-12(17-11)15-9-5-6-13(19)18(2)8-9/h7,9H,3-6,8H2,1-2H3,(H,15,16,17). The highest BCUT2D eigenvalue weighted by molar-refractivity contribution is 9.10. The summed E-state index contributed by atoms with van der Waals surface area (Å²) in [6.07, 6.45) is 3.35. The summed E-state index contributed by atoms with van der Waals surface area (Å²) in [5, 5.41) is 3.40. The van der Waals surface area contributed by atoms with Gasteiger partial charge in [-0.1, -0.05) is 6.92 Å². The smallest absolute Gasteiger partial charge is 0.222 e. The first-order valence-corrected chi connectivity index (χ1v) is 7.41. The number of likely N-dealkylation sites (N-methyl/N-ethyl adjacent to an activating group) is 1. The summed E-state index contributed by atoms with van der Waals surface area (Å²) >= 11 is 3.41. The molecule has 0 bridgehead atoms. The van der Waals surface area contributed by atoms with Crippen LogP contribution in [-0.4, -0.2) is 40.4 Å². The first kappa shape index (κ1) is 14.2. The molecule has 2 heterocycles. The minimum Gasteiger partial charge on any atom is -0.365 e. The van der Waals surface area contributed by atoms with Gasteiger partial charge in [0.1, 0.15) is 16.2 Å². The Balaban J connectivity index is 2.04. The molecule has 0 spiro atoms. The lowest BCUT2D eigenvalue weighted by atomic mass is 10.1. The van der Waals surface area contributed by atoms with Gasteiger partial charge in [0.05, 0.1) is 0 Å². The Morgan fingerprint density at radius 2 is 2.32 bits per heavy atom. The van der Waals surface area contributed by atoms with E-state index >= 15 is 0 Å². The Morgan fingerprint density at radius 3 is 3.00 bits per heavy atom. The van der Waals surface area contributed by atoms with Gasteiger partial charge in [-0.25, -0.2) is 9.97 Å². The van der Waals surface area contributed by atoms with Crippen molar-refractivity contribution in [3.05, 3.63) is 16.5 Å². The summed E-state index contributed by atoms with van der Waals surface area (Å²) < 4.78 is 0.800. The minimum atomic E-state index is 0.216. The number of aromatic nitrogens is 2. The summed E-state index contributed by atoms with van der Waals surface area (Å²) in [6.45, 7) is 2.84. The number of hydrogen-bond acceptors (Lipinski definition) is 4. The summed E-state index contributed by atoms with van der Waals surface area (Å²) in [5.41, 5.74) is 0. The van der Waals surface area contributed by atoms with E-state index in [1.165, 1.54) is 0 Å². The first-order chi connectivity index (χ1) is 9.08. The van der Waals surface area contributed by atoms with Crippen LogP contribution >= 0.6 is 15.9 Å². The number of hydrogen-bond donors (Lipinski definition) is 1. The number of aryl methyl sites for hydroxylation is 1. The van der Waals surface area contributed by atoms with Crippen molar-refractivity contribution in [3.8, 4) is 0 Å². The monoisotopic (exact) mass is 326 g/mol. The van der Waals surface area contributed by atoms with E-state index in [4.69, 9.17) is 0 Å². The van der Waals surface area contributed by atoms with Crippen molar-refractivity contribution in [1.82, 2.24) is 14.9 Å². The Kier molecular flexibility index (Phi) is 4.74. The fraction of sp³-hybridized carbons (Fsp3) is 0.615. The molecule has 1 N–H and O–H groups in total. The number of piperidine rings is 1. The predicted octanol–water partition coefficient (Wildman–Crippen LogP) is 2.22. The lowest BCUT2D eigenvalue weighted by Crippen LogP contribution is -2.43. The Morgan fingerprint density at radius 1 is 1.53 bits per heavy atom. The highest BCUT2D eigenvalue weighted by atomic mass is 79.9. The van der Waals surface area contributed by atoms with Crippen LogP contribution in [0.1, 0.15) is 32.0 Å². The highest BCUT2D eigenvalue weighted by Crippen LogP contribution is 2.18. The van der Waals surface area contributed by atoms with Gasteiger partial charge < -0.3 is 10.2 Å². The van der Waals surface area contributed by atoms with Crippen LogP contribution in [0.5, 0.6) is 0 Å². The molecule has 0 radical (unpaired) electrons. The van der Waals surface area contributed by atoms with Crippen LogP contribution in [-0.2, 0) is 11.2 Å². The largest absolute Gasteiger partial charge is 0.365 e. The van der Waals surface area contributed by atoms with Crippen molar-refractivity contribution in [2.24, 2.45) is 0 Å². The van der Waals surface area contributed by atoms with E-state index in [0.717, 1.165) is 42.1 Å². The van der Waals surface area contributed by atoms with E-state index in [1.807, 2.05) is 13.1 Å². The lowest BCUT2D eigenvalue weighted by molar-refractivity contribution is -0.132. The molecular weight excluding hydrogens is 308 g/mol. The Bertz CT molecular complexity index is 466. The van der Waals surface area contributed by atoms with Crippen LogP contribution in [0, 0.1) is 0 Å². The number of nitrogens with one attached hydrogen (secondary N) is 1. The summed E-state index contributed by atoms with van der Waals surface area (Å²) in [4.78, 5) is 22.1. The number of amides is 1. The van der Waals surface area contributed by atoms with E-state index in [2.05, 4.69) is 38.1 Å². The average molecular weight is 327 g/mol. The van der Waals surface area contributed by atoms with Crippen LogP contribution in [0.15, 0.2) is 10.7 Å². The van der Waals surface area contributed by atoms with Crippen LogP contribution in [0.4, 0.5) is 5.82 Å². The second kappa shape index (κ2) is 6.32. The summed E-state index contributed by atoms with van der Waals surface area (Å²) in [6, 6.07) is 2.15. The van der Waals surface area contributed by atoms with Crippen LogP contribution in [0.25, 0.3) is 0 Å². The van der Waals surface area contributed by atoms with Gasteiger partial charge in [0.25, 0.3) is 0 Å². The maximum Gasteiger partial charge on any atom is 0.222 e. The summed E-state index contributed by atoms with van der Waals surface area (Å²) in [7, 11) is 1.84. The Labute approximate surface area is 121 Å². The number of nitrogens with zero attached hydrogens (tertiary/aromatic N) is 3. The molecule has 1 aromatic rings. The molecule has 0 saturated carbocycles. The van der Waals surface area contributed by atoms with Gasteiger partial charge in [-0.15, -0.1) is 0 Å². The maximum absolute atomic E-state index is 11.5. The molecule has 5 nitrogen and oxygen atoms in total. The maximum atomic E-state index is 11.5. The second-order valence-corrected chi connectivity index (χ2v) is 5.71. The van der Waals surface area contributed by atoms with E-state index in [-0.39, 0.29) is 11.9 Å². The zero-order chi connectivity index (χ0) is 13.8. The number of likely N-dealkylation sites (tertiary alicyclic amines) is 1. The molecule has 1 aliphatic heterocycles. The number of carbonyl (C=O) groups is 1. The van der Waals surface area contributed by atoms with Gasteiger partial charge in [-0.2, -0.15) is 0 Å². The third-order valence-electron chi connectivity index (χ3n) is 3.19. The third-order valence-corrected chi connectivity index (χ3v) is 3.60. The lowest BCUT2D eigenvalue weighted by Gasteiger charge is -2.30. The van der Waals surface area contributed by atoms with Crippen molar-refractivity contribution in [2.75, 3.05) is 18.9 Å². The second-order valence-electron chi connectivity index (χ2n) is 4.90. The van der Waals surface area contributed by atoms with Gasteiger partial charge in [-0.3, -0.25) is 4.79 Å². The van der Waals surface area contributed by atoms with Crippen LogP contribution in [0.2, 0.25) is 0 Å². The van der Waals surface area contributed by atoms with Gasteiger partial charge in [-0.05, 0) is 28.8 Å². The van der Waals surface area contributed by atoms with Crippen LogP contribution in [0.3, 0.4) is 0 Å². The van der Waals surface area contributed by atoms with E-state index in [0.29, 0.717) is 6.42 Å². The van der Waals surface area contributed by atoms with Gasteiger partial charge >= 0.3 is 0 Å². The van der Waals surface area contributed by atoms with Crippen molar-refractivity contribution < 1.29 is 4.79 Å². The topological polar surface area (TPSA) is 58.1 Å². The molecule has 1 fully saturated rings. The molecule has 1 atom stereocenters. The molecule has 0 aliphatic carbocycles. The Hall–Kier alpha value is -1.17. The quantitative estimate of drug-likeness (QED) is 0.862. The van der Waals surface area contributed by atoms with Crippen molar-refractivity contribution in [3.63, 3.8) is 0 Å². The molecule has 104 valence electrons. The van der Waals surface area contributed by atoms with Gasteiger partial charge in [0.15, 0.2) is 0 Å². The molecule has 19 heavy (non-hydrogen) atoms. The van der Waals surface area contributed by atoms with E-state index < -0.39 is 0 Å². The van der Waals surface area contributed by atoms with Crippen molar-refractivity contribution >= 4 is 27.7 Å². The number of carbonyl (C=O) groups excluding carboxylic acids is 1.